The van der Waals surface area contributed by atoms with E-state index in [4.69, 9.17) is 0 Å². The molecule has 1 aliphatic rings. The number of hydrogen-bond acceptors (Lipinski definition) is 6. The van der Waals surface area contributed by atoms with E-state index in [9.17, 15) is 9.90 Å². The Balaban J connectivity index is 1.89. The number of amides is 1. The van der Waals surface area contributed by atoms with Gasteiger partial charge in [-0.2, -0.15) is 0 Å². The van der Waals surface area contributed by atoms with Crippen molar-refractivity contribution in [3.63, 3.8) is 0 Å². The molecule has 2 aromatic heterocycles. The lowest BCUT2D eigenvalue weighted by Gasteiger charge is -2.26. The summed E-state index contributed by atoms with van der Waals surface area (Å²) in [5.41, 5.74) is 0.613. The van der Waals surface area contributed by atoms with Crippen LogP contribution in [0.4, 0.5) is 5.82 Å². The normalized spacial score (nSPS) is 16.2. The zero-order valence-electron chi connectivity index (χ0n) is 16.5. The van der Waals surface area contributed by atoms with Crippen LogP contribution in [0.2, 0.25) is 0 Å². The van der Waals surface area contributed by atoms with Crippen molar-refractivity contribution in [2.24, 2.45) is 5.41 Å². The molecule has 0 aliphatic carbocycles. The molecule has 0 unspecified atom stereocenters. The number of hydrogen-bond donors (Lipinski definition) is 2. The van der Waals surface area contributed by atoms with Crippen LogP contribution < -0.4 is 10.2 Å². The van der Waals surface area contributed by atoms with Gasteiger partial charge in [-0.05, 0) is 25.3 Å². The highest BCUT2D eigenvalue weighted by Gasteiger charge is 2.24. The number of aliphatic hydroxyl groups is 1. The smallest absolute Gasteiger partial charge is 0.261 e. The average Bonchev–Trinajstić information content (AvgIpc) is 2.97. The second kappa shape index (κ2) is 8.52. The van der Waals surface area contributed by atoms with Gasteiger partial charge in [-0.3, -0.25) is 4.79 Å². The van der Waals surface area contributed by atoms with Crippen molar-refractivity contribution in [1.82, 2.24) is 15.3 Å². The molecule has 3 rings (SSSR count). The minimum Gasteiger partial charge on any atom is -0.396 e. The van der Waals surface area contributed by atoms with Crippen molar-refractivity contribution in [2.45, 2.75) is 52.9 Å². The standard InChI is InChI=1S/C20H30N4O2S/c1-14-15-17(24-9-7-5-4-6-8-10-24)22-13-23-19(15)27-16(14)18(26)21-11-20(2,3)12-25/h13,25H,4-12H2,1-3H3,(H,21,26). The summed E-state index contributed by atoms with van der Waals surface area (Å²) >= 11 is 1.43. The van der Waals surface area contributed by atoms with Crippen LogP contribution in [0, 0.1) is 12.3 Å². The number of thiophene rings is 1. The number of carbonyl (C=O) groups is 1. The van der Waals surface area contributed by atoms with Gasteiger partial charge in [0.25, 0.3) is 5.91 Å². The number of aliphatic hydroxyl groups excluding tert-OH is 1. The minimum absolute atomic E-state index is 0.0310. The summed E-state index contributed by atoms with van der Waals surface area (Å²) in [5, 5.41) is 13.4. The Morgan fingerprint density at radius 2 is 1.89 bits per heavy atom. The lowest BCUT2D eigenvalue weighted by molar-refractivity contribution is 0.0914. The van der Waals surface area contributed by atoms with Crippen molar-refractivity contribution >= 4 is 33.3 Å². The first-order chi connectivity index (χ1) is 12.9. The van der Waals surface area contributed by atoms with E-state index in [0.29, 0.717) is 11.4 Å². The first-order valence-electron chi connectivity index (χ1n) is 9.81. The average molecular weight is 391 g/mol. The molecule has 0 atom stereocenters. The van der Waals surface area contributed by atoms with Crippen molar-refractivity contribution in [2.75, 3.05) is 31.1 Å². The van der Waals surface area contributed by atoms with Gasteiger partial charge in [-0.1, -0.05) is 33.1 Å². The molecule has 0 radical (unpaired) electrons. The fourth-order valence-corrected chi connectivity index (χ4v) is 4.48. The van der Waals surface area contributed by atoms with Crippen molar-refractivity contribution in [1.29, 1.82) is 0 Å². The van der Waals surface area contributed by atoms with Gasteiger partial charge in [0.05, 0.1) is 10.3 Å². The fraction of sp³-hybridized carbons (Fsp3) is 0.650. The Kier molecular flexibility index (Phi) is 6.32. The first-order valence-corrected chi connectivity index (χ1v) is 10.6. The van der Waals surface area contributed by atoms with E-state index < -0.39 is 0 Å². The molecule has 27 heavy (non-hydrogen) atoms. The van der Waals surface area contributed by atoms with E-state index in [-0.39, 0.29) is 17.9 Å². The second-order valence-electron chi connectivity index (χ2n) is 8.19. The van der Waals surface area contributed by atoms with Crippen LogP contribution in [0.1, 0.15) is 61.2 Å². The van der Waals surface area contributed by atoms with E-state index in [1.54, 1.807) is 6.33 Å². The molecule has 148 valence electrons. The molecule has 0 bridgehead atoms. The summed E-state index contributed by atoms with van der Waals surface area (Å²) in [6.07, 6.45) is 7.82. The number of fused-ring (bicyclic) bond motifs is 1. The lowest BCUT2D eigenvalue weighted by Crippen LogP contribution is -2.35. The van der Waals surface area contributed by atoms with E-state index in [1.807, 2.05) is 20.8 Å². The van der Waals surface area contributed by atoms with Gasteiger partial charge in [-0.25, -0.2) is 9.97 Å². The van der Waals surface area contributed by atoms with Gasteiger partial charge in [-0.15, -0.1) is 11.3 Å². The number of nitrogens with one attached hydrogen (secondary N) is 1. The number of anilines is 1. The molecule has 2 N–H and O–H groups in total. The predicted molar refractivity (Wildman–Crippen MR) is 111 cm³/mol. The molecule has 7 heteroatoms. The topological polar surface area (TPSA) is 78.3 Å². The van der Waals surface area contributed by atoms with Crippen LogP contribution >= 0.6 is 11.3 Å². The third-order valence-electron chi connectivity index (χ3n) is 5.22. The molecule has 1 aliphatic heterocycles. The summed E-state index contributed by atoms with van der Waals surface area (Å²) in [6, 6.07) is 0. The summed E-state index contributed by atoms with van der Waals surface area (Å²) in [5.74, 6) is 0.862. The molecule has 1 amide bonds. The maximum absolute atomic E-state index is 12.7. The van der Waals surface area contributed by atoms with Crippen molar-refractivity contribution in [3.8, 4) is 0 Å². The molecule has 2 aromatic rings. The summed E-state index contributed by atoms with van der Waals surface area (Å²) in [4.78, 5) is 25.7. The maximum Gasteiger partial charge on any atom is 0.261 e. The van der Waals surface area contributed by atoms with Gasteiger partial charge in [0.2, 0.25) is 0 Å². The van der Waals surface area contributed by atoms with E-state index >= 15 is 0 Å². The quantitative estimate of drug-likeness (QED) is 0.817. The van der Waals surface area contributed by atoms with Crippen LogP contribution in [0.5, 0.6) is 0 Å². The summed E-state index contributed by atoms with van der Waals surface area (Å²) in [7, 11) is 0. The van der Waals surface area contributed by atoms with Crippen molar-refractivity contribution in [3.05, 3.63) is 16.8 Å². The molecule has 0 aromatic carbocycles. The van der Waals surface area contributed by atoms with E-state index in [1.165, 1.54) is 43.4 Å². The third-order valence-corrected chi connectivity index (χ3v) is 6.42. The van der Waals surface area contributed by atoms with Crippen LogP contribution in [0.15, 0.2) is 6.33 Å². The molecule has 1 fully saturated rings. The third kappa shape index (κ3) is 4.58. The maximum atomic E-state index is 12.7. The predicted octanol–water partition coefficient (Wildman–Crippen LogP) is 3.52. The van der Waals surface area contributed by atoms with Crippen molar-refractivity contribution < 1.29 is 9.90 Å². The monoisotopic (exact) mass is 390 g/mol. The Bertz CT molecular complexity index is 795. The highest BCUT2D eigenvalue weighted by molar-refractivity contribution is 7.20. The van der Waals surface area contributed by atoms with Gasteiger partial charge in [0.15, 0.2) is 0 Å². The van der Waals surface area contributed by atoms with E-state index in [0.717, 1.165) is 34.7 Å². The van der Waals surface area contributed by atoms with Crippen LogP contribution in [0.25, 0.3) is 10.2 Å². The highest BCUT2D eigenvalue weighted by Crippen LogP contribution is 2.35. The van der Waals surface area contributed by atoms with Gasteiger partial charge >= 0.3 is 0 Å². The molecule has 0 spiro atoms. The molecule has 0 saturated carbocycles. The molecular formula is C20H30N4O2S. The number of rotatable bonds is 5. The largest absolute Gasteiger partial charge is 0.396 e. The molecule has 1 saturated heterocycles. The zero-order chi connectivity index (χ0) is 19.4. The highest BCUT2D eigenvalue weighted by atomic mass is 32.1. The Hall–Kier alpha value is -1.73. The van der Waals surface area contributed by atoms with Crippen LogP contribution in [-0.4, -0.2) is 47.2 Å². The Morgan fingerprint density at radius 3 is 2.56 bits per heavy atom. The molecule has 3 heterocycles. The SMILES string of the molecule is Cc1c(C(=O)NCC(C)(C)CO)sc2ncnc(N3CCCCCCC3)c12. The van der Waals surface area contributed by atoms with Crippen LogP contribution in [-0.2, 0) is 0 Å². The molecular weight excluding hydrogens is 360 g/mol. The van der Waals surface area contributed by atoms with Gasteiger partial charge in [0, 0.05) is 31.7 Å². The zero-order valence-corrected chi connectivity index (χ0v) is 17.4. The fourth-order valence-electron chi connectivity index (χ4n) is 3.42. The minimum atomic E-state index is -0.338. The Morgan fingerprint density at radius 1 is 1.22 bits per heavy atom. The lowest BCUT2D eigenvalue weighted by atomic mass is 9.95. The Labute approximate surface area is 165 Å². The van der Waals surface area contributed by atoms with Crippen LogP contribution in [0.3, 0.4) is 0 Å². The number of carbonyl (C=O) groups excluding carboxylic acids is 1. The number of aryl methyl sites for hydroxylation is 1. The molecule has 6 nitrogen and oxygen atoms in total. The number of nitrogens with zero attached hydrogens (tertiary/aromatic N) is 3. The summed E-state index contributed by atoms with van der Waals surface area (Å²) < 4.78 is 0. The second-order valence-corrected chi connectivity index (χ2v) is 9.19. The van der Waals surface area contributed by atoms with Gasteiger partial charge < -0.3 is 15.3 Å². The van der Waals surface area contributed by atoms with Gasteiger partial charge in [0.1, 0.15) is 17.0 Å². The summed E-state index contributed by atoms with van der Waals surface area (Å²) in [6.45, 7) is 8.32. The number of aromatic nitrogens is 2. The first kappa shape index (κ1) is 20.0. The van der Waals surface area contributed by atoms with E-state index in [2.05, 4.69) is 20.2 Å².